The molecule has 124 valence electrons. The molecule has 0 N–H and O–H groups in total. The second kappa shape index (κ2) is 6.81. The highest BCUT2D eigenvalue weighted by atomic mass is 79.9. The van der Waals surface area contributed by atoms with Gasteiger partial charge in [0.25, 0.3) is 0 Å². The van der Waals surface area contributed by atoms with E-state index in [2.05, 4.69) is 25.9 Å². The molecule has 0 unspecified atom stereocenters. The number of nitrogens with zero attached hydrogens (tertiary/aromatic N) is 4. The van der Waals surface area contributed by atoms with Crippen molar-refractivity contribution in [2.45, 2.75) is 4.90 Å². The lowest BCUT2D eigenvalue weighted by Crippen LogP contribution is -2.49. The molecule has 2 aromatic heterocycles. The Balaban J connectivity index is 1.79. The summed E-state index contributed by atoms with van der Waals surface area (Å²) in [5.41, 5.74) is 0. The van der Waals surface area contributed by atoms with Gasteiger partial charge in [0.2, 0.25) is 10.0 Å². The summed E-state index contributed by atoms with van der Waals surface area (Å²) in [6, 6.07) is 0. The van der Waals surface area contributed by atoms with Gasteiger partial charge < -0.3 is 4.90 Å². The number of thiophene rings is 1. The number of sulfonamides is 1. The maximum absolute atomic E-state index is 12.8. The van der Waals surface area contributed by atoms with Gasteiger partial charge in [-0.2, -0.15) is 4.31 Å². The van der Waals surface area contributed by atoms with E-state index in [1.54, 1.807) is 18.6 Å². The summed E-state index contributed by atoms with van der Waals surface area (Å²) in [5, 5.41) is 0. The third-order valence-electron chi connectivity index (χ3n) is 3.44. The van der Waals surface area contributed by atoms with Crippen molar-refractivity contribution in [3.05, 3.63) is 31.7 Å². The summed E-state index contributed by atoms with van der Waals surface area (Å²) in [6.07, 6.45) is 4.88. The molecule has 0 bridgehead atoms. The van der Waals surface area contributed by atoms with Crippen molar-refractivity contribution in [1.29, 1.82) is 0 Å². The van der Waals surface area contributed by atoms with Crippen molar-refractivity contribution in [2.24, 2.45) is 0 Å². The molecule has 1 fully saturated rings. The van der Waals surface area contributed by atoms with Gasteiger partial charge in [-0.05, 0) is 15.9 Å². The van der Waals surface area contributed by atoms with Crippen molar-refractivity contribution >= 4 is 66.3 Å². The second-order valence-electron chi connectivity index (χ2n) is 4.75. The minimum atomic E-state index is -3.69. The molecule has 1 aliphatic heterocycles. The highest BCUT2D eigenvalue weighted by Crippen LogP contribution is 2.44. The Kier molecular flexibility index (Phi) is 5.15. The Morgan fingerprint density at radius 1 is 1.13 bits per heavy atom. The first-order valence-corrected chi connectivity index (χ1v) is 10.4. The number of aromatic nitrogens is 2. The molecule has 0 aliphatic carbocycles. The van der Waals surface area contributed by atoms with E-state index in [1.807, 2.05) is 4.90 Å². The molecule has 1 saturated heterocycles. The number of halogens is 3. The highest BCUT2D eigenvalue weighted by molar-refractivity contribution is 9.10. The van der Waals surface area contributed by atoms with E-state index < -0.39 is 10.0 Å². The van der Waals surface area contributed by atoms with Crippen LogP contribution in [0.2, 0.25) is 8.67 Å². The van der Waals surface area contributed by atoms with Gasteiger partial charge in [0.1, 0.15) is 19.4 Å². The van der Waals surface area contributed by atoms with E-state index in [0.29, 0.717) is 35.0 Å². The van der Waals surface area contributed by atoms with Gasteiger partial charge >= 0.3 is 0 Å². The number of hydrogen-bond donors (Lipinski definition) is 0. The number of rotatable bonds is 3. The third-order valence-corrected chi connectivity index (χ3v) is 8.80. The van der Waals surface area contributed by atoms with Crippen LogP contribution in [0, 0.1) is 0 Å². The average Bonchev–Trinajstić information content (AvgIpc) is 2.81. The Bertz CT molecular complexity index is 808. The van der Waals surface area contributed by atoms with E-state index in [1.165, 1.54) is 4.31 Å². The minimum Gasteiger partial charge on any atom is -0.353 e. The lowest BCUT2D eigenvalue weighted by molar-refractivity contribution is 0.383. The first kappa shape index (κ1) is 17.4. The zero-order valence-electron chi connectivity index (χ0n) is 11.6. The second-order valence-corrected chi connectivity index (χ2v) is 9.64. The lowest BCUT2D eigenvalue weighted by Gasteiger charge is -2.34. The van der Waals surface area contributed by atoms with Crippen LogP contribution >= 0.6 is 50.5 Å². The van der Waals surface area contributed by atoms with Crippen LogP contribution in [0.15, 0.2) is 28.0 Å². The first-order chi connectivity index (χ1) is 10.9. The van der Waals surface area contributed by atoms with Gasteiger partial charge in [-0.15, -0.1) is 11.3 Å². The van der Waals surface area contributed by atoms with Gasteiger partial charge in [-0.1, -0.05) is 23.2 Å². The fourth-order valence-corrected chi connectivity index (χ4v) is 7.20. The Hall–Kier alpha value is -0.450. The maximum Gasteiger partial charge on any atom is 0.246 e. The van der Waals surface area contributed by atoms with Crippen LogP contribution in [0.25, 0.3) is 0 Å². The zero-order valence-corrected chi connectivity index (χ0v) is 16.3. The van der Waals surface area contributed by atoms with E-state index in [4.69, 9.17) is 23.2 Å². The summed E-state index contributed by atoms with van der Waals surface area (Å²) in [5.74, 6) is 0.738. The van der Waals surface area contributed by atoms with Crippen LogP contribution in [0.1, 0.15) is 0 Å². The van der Waals surface area contributed by atoms with Gasteiger partial charge in [0.05, 0.1) is 10.7 Å². The van der Waals surface area contributed by atoms with Crippen LogP contribution in [-0.2, 0) is 10.0 Å². The molecule has 0 saturated carbocycles. The average molecular weight is 458 g/mol. The molecule has 0 radical (unpaired) electrons. The van der Waals surface area contributed by atoms with Crippen molar-refractivity contribution in [1.82, 2.24) is 14.3 Å². The SMILES string of the molecule is O=S(=O)(c1c(Cl)sc(Cl)c1Br)N1CCN(c2cnccn2)CC1. The van der Waals surface area contributed by atoms with Gasteiger partial charge in [-0.25, -0.2) is 13.4 Å². The van der Waals surface area contributed by atoms with Crippen molar-refractivity contribution < 1.29 is 8.42 Å². The Morgan fingerprint density at radius 3 is 2.35 bits per heavy atom. The van der Waals surface area contributed by atoms with Crippen molar-refractivity contribution in [3.8, 4) is 0 Å². The zero-order chi connectivity index (χ0) is 16.6. The highest BCUT2D eigenvalue weighted by Gasteiger charge is 2.34. The predicted octanol–water partition coefficient (Wildman–Crippen LogP) is 3.12. The fourth-order valence-electron chi connectivity index (χ4n) is 2.30. The number of anilines is 1. The summed E-state index contributed by atoms with van der Waals surface area (Å²) < 4.78 is 27.8. The molecule has 6 nitrogen and oxygen atoms in total. The summed E-state index contributed by atoms with van der Waals surface area (Å²) in [7, 11) is -3.69. The normalized spacial score (nSPS) is 16.7. The molecular weight excluding hydrogens is 447 g/mol. The third kappa shape index (κ3) is 3.35. The topological polar surface area (TPSA) is 66.4 Å². The van der Waals surface area contributed by atoms with Crippen LogP contribution in [0.5, 0.6) is 0 Å². The van der Waals surface area contributed by atoms with Crippen LogP contribution in [-0.4, -0.2) is 48.9 Å². The molecule has 1 aliphatic rings. The Labute approximate surface area is 156 Å². The van der Waals surface area contributed by atoms with Gasteiger partial charge in [0, 0.05) is 38.6 Å². The number of piperazine rings is 1. The predicted molar refractivity (Wildman–Crippen MR) is 95.0 cm³/mol. The quantitative estimate of drug-likeness (QED) is 0.708. The fraction of sp³-hybridized carbons (Fsp3) is 0.333. The molecule has 0 atom stereocenters. The lowest BCUT2D eigenvalue weighted by atomic mass is 10.3. The minimum absolute atomic E-state index is 0.0436. The van der Waals surface area contributed by atoms with Gasteiger partial charge in [-0.3, -0.25) is 4.98 Å². The molecule has 3 heterocycles. The van der Waals surface area contributed by atoms with Gasteiger partial charge in [0.15, 0.2) is 0 Å². The summed E-state index contributed by atoms with van der Waals surface area (Å²) in [6.45, 7) is 1.75. The van der Waals surface area contributed by atoms with Crippen LogP contribution < -0.4 is 4.90 Å². The Morgan fingerprint density at radius 2 is 1.83 bits per heavy atom. The van der Waals surface area contributed by atoms with Crippen LogP contribution in [0.4, 0.5) is 5.82 Å². The van der Waals surface area contributed by atoms with Crippen molar-refractivity contribution in [2.75, 3.05) is 31.1 Å². The molecule has 0 spiro atoms. The van der Waals surface area contributed by atoms with E-state index in [-0.39, 0.29) is 9.23 Å². The first-order valence-electron chi connectivity index (χ1n) is 6.55. The summed E-state index contributed by atoms with van der Waals surface area (Å²) in [4.78, 5) is 10.3. The van der Waals surface area contributed by atoms with Crippen LogP contribution in [0.3, 0.4) is 0 Å². The molecule has 2 aromatic rings. The molecule has 3 rings (SSSR count). The van der Waals surface area contributed by atoms with E-state index >= 15 is 0 Å². The molecule has 11 heteroatoms. The largest absolute Gasteiger partial charge is 0.353 e. The standard InChI is InChI=1S/C12H11BrCl2N4O2S2/c13-9-10(12(15)22-11(9)14)23(20,21)19-5-3-18(4-6-19)8-7-16-1-2-17-8/h1-2,7H,3-6H2. The van der Waals surface area contributed by atoms with E-state index in [0.717, 1.165) is 17.2 Å². The van der Waals surface area contributed by atoms with Crippen molar-refractivity contribution in [3.63, 3.8) is 0 Å². The molecular formula is C12H11BrCl2N4O2S2. The maximum atomic E-state index is 12.8. The molecule has 23 heavy (non-hydrogen) atoms. The monoisotopic (exact) mass is 456 g/mol. The smallest absolute Gasteiger partial charge is 0.246 e. The molecule has 0 aromatic carbocycles. The molecule has 0 amide bonds. The number of hydrogen-bond acceptors (Lipinski definition) is 6. The summed E-state index contributed by atoms with van der Waals surface area (Å²) >= 11 is 16.3. The van der Waals surface area contributed by atoms with E-state index in [9.17, 15) is 8.42 Å².